The Morgan fingerprint density at radius 3 is 3.00 bits per heavy atom. The Hall–Kier alpha value is -2.19. The van der Waals surface area contributed by atoms with Gasteiger partial charge in [0.05, 0.1) is 18.6 Å². The fraction of sp³-hybridized carbons (Fsp3) is 0.438. The molecule has 0 aliphatic carbocycles. The minimum absolute atomic E-state index is 0.193. The van der Waals surface area contributed by atoms with E-state index in [4.69, 9.17) is 14.5 Å². The highest BCUT2D eigenvalue weighted by molar-refractivity contribution is 5.59. The van der Waals surface area contributed by atoms with E-state index in [2.05, 4.69) is 16.2 Å². The Bertz CT molecular complexity index is 639. The lowest BCUT2D eigenvalue weighted by Crippen LogP contribution is -2.21. The smallest absolute Gasteiger partial charge is 0.258 e. The third-order valence-electron chi connectivity index (χ3n) is 3.67. The van der Waals surface area contributed by atoms with Crippen LogP contribution in [0.4, 0.5) is 0 Å². The summed E-state index contributed by atoms with van der Waals surface area (Å²) >= 11 is 0. The van der Waals surface area contributed by atoms with Crippen LogP contribution in [0.25, 0.3) is 11.5 Å². The Morgan fingerprint density at radius 2 is 2.19 bits per heavy atom. The van der Waals surface area contributed by atoms with E-state index in [9.17, 15) is 0 Å². The first-order valence-electron chi connectivity index (χ1n) is 7.26. The topological polar surface area (TPSA) is 71.9 Å². The van der Waals surface area contributed by atoms with Crippen molar-refractivity contribution in [2.75, 3.05) is 6.61 Å². The maximum absolute atomic E-state index is 8.88. The monoisotopic (exact) mass is 283 g/mol. The van der Waals surface area contributed by atoms with Crippen LogP contribution in [0, 0.1) is 11.3 Å². The van der Waals surface area contributed by atoms with Gasteiger partial charge in [0.25, 0.3) is 5.89 Å². The van der Waals surface area contributed by atoms with Crippen LogP contribution in [0.3, 0.4) is 0 Å². The minimum atomic E-state index is 0.193. The second kappa shape index (κ2) is 6.51. The van der Waals surface area contributed by atoms with E-state index < -0.39 is 0 Å². The number of aromatic nitrogens is 2. The highest BCUT2D eigenvalue weighted by Crippen LogP contribution is 2.23. The molecule has 3 rings (SSSR count). The summed E-state index contributed by atoms with van der Waals surface area (Å²) in [5.41, 5.74) is 1.74. The van der Waals surface area contributed by atoms with Gasteiger partial charge in [0.1, 0.15) is 0 Å². The summed E-state index contributed by atoms with van der Waals surface area (Å²) in [5, 5.41) is 12.9. The van der Waals surface area contributed by atoms with Crippen LogP contribution in [0.15, 0.2) is 28.8 Å². The fourth-order valence-electron chi connectivity index (χ4n) is 2.59. The average Bonchev–Trinajstić information content (AvgIpc) is 2.97. The lowest BCUT2D eigenvalue weighted by Gasteiger charge is -2.20. The Morgan fingerprint density at radius 1 is 1.29 bits per heavy atom. The summed E-state index contributed by atoms with van der Waals surface area (Å²) < 4.78 is 11.0. The molecule has 0 bridgehead atoms. The van der Waals surface area contributed by atoms with Gasteiger partial charge >= 0.3 is 0 Å². The van der Waals surface area contributed by atoms with Crippen molar-refractivity contribution in [2.45, 2.75) is 38.2 Å². The van der Waals surface area contributed by atoms with E-state index in [1.54, 1.807) is 0 Å². The number of benzene rings is 1. The predicted molar refractivity (Wildman–Crippen MR) is 76.3 cm³/mol. The minimum Gasteiger partial charge on any atom is -0.378 e. The molecule has 5 heteroatoms. The van der Waals surface area contributed by atoms with Gasteiger partial charge in [-0.15, -0.1) is 0 Å². The normalized spacial score (nSPS) is 18.3. The van der Waals surface area contributed by atoms with Crippen LogP contribution in [0.1, 0.15) is 30.7 Å². The van der Waals surface area contributed by atoms with Gasteiger partial charge in [0, 0.05) is 18.6 Å². The summed E-state index contributed by atoms with van der Waals surface area (Å²) in [4.78, 5) is 4.45. The quantitative estimate of drug-likeness (QED) is 0.862. The van der Waals surface area contributed by atoms with Gasteiger partial charge in [-0.3, -0.25) is 0 Å². The standard InChI is InChI=1S/C16H17N3O2/c17-9-8-12-5-1-2-7-14(12)16-18-15(19-21-16)11-13-6-3-4-10-20-13/h1-2,5,7,13H,3-4,6,8,10-11H2. The average molecular weight is 283 g/mol. The Balaban J connectivity index is 1.77. The van der Waals surface area contributed by atoms with Crippen LogP contribution in [-0.4, -0.2) is 22.9 Å². The predicted octanol–water partition coefficient (Wildman–Crippen LogP) is 2.91. The lowest BCUT2D eigenvalue weighted by atomic mass is 10.0. The third-order valence-corrected chi connectivity index (χ3v) is 3.67. The number of hydrogen-bond donors (Lipinski definition) is 0. The van der Waals surface area contributed by atoms with E-state index in [-0.39, 0.29) is 6.10 Å². The SMILES string of the molecule is N#CCc1ccccc1-c1nc(CC2CCCCO2)no1. The molecule has 1 aliphatic rings. The highest BCUT2D eigenvalue weighted by Gasteiger charge is 2.19. The molecule has 1 unspecified atom stereocenters. The molecule has 1 atom stereocenters. The van der Waals surface area contributed by atoms with Gasteiger partial charge in [0.2, 0.25) is 0 Å². The summed E-state index contributed by atoms with van der Waals surface area (Å²) in [7, 11) is 0. The molecular formula is C16H17N3O2. The second-order valence-electron chi connectivity index (χ2n) is 5.20. The number of nitriles is 1. The number of nitrogens with zero attached hydrogens (tertiary/aromatic N) is 3. The molecule has 2 heterocycles. The largest absolute Gasteiger partial charge is 0.378 e. The molecule has 0 spiro atoms. The van der Waals surface area contributed by atoms with Crippen molar-refractivity contribution >= 4 is 0 Å². The van der Waals surface area contributed by atoms with Crippen molar-refractivity contribution in [1.29, 1.82) is 5.26 Å². The van der Waals surface area contributed by atoms with E-state index >= 15 is 0 Å². The van der Waals surface area contributed by atoms with Crippen molar-refractivity contribution in [3.8, 4) is 17.5 Å². The third kappa shape index (κ3) is 3.29. The van der Waals surface area contributed by atoms with Gasteiger partial charge in [-0.2, -0.15) is 10.2 Å². The van der Waals surface area contributed by atoms with E-state index in [0.717, 1.165) is 30.6 Å². The molecule has 1 aliphatic heterocycles. The first-order chi connectivity index (χ1) is 10.4. The molecule has 0 saturated carbocycles. The molecule has 1 aromatic carbocycles. The molecule has 5 nitrogen and oxygen atoms in total. The van der Waals surface area contributed by atoms with Crippen molar-refractivity contribution in [1.82, 2.24) is 10.1 Å². The van der Waals surface area contributed by atoms with Crippen molar-refractivity contribution < 1.29 is 9.26 Å². The van der Waals surface area contributed by atoms with Crippen LogP contribution in [-0.2, 0) is 17.6 Å². The van der Waals surface area contributed by atoms with Gasteiger partial charge in [0.15, 0.2) is 5.82 Å². The van der Waals surface area contributed by atoms with Crippen molar-refractivity contribution in [3.05, 3.63) is 35.7 Å². The maximum atomic E-state index is 8.88. The summed E-state index contributed by atoms with van der Waals surface area (Å²) in [6.45, 7) is 0.820. The van der Waals surface area contributed by atoms with E-state index in [1.807, 2.05) is 24.3 Å². The first kappa shape index (κ1) is 13.8. The van der Waals surface area contributed by atoms with Gasteiger partial charge < -0.3 is 9.26 Å². The van der Waals surface area contributed by atoms with E-state index in [0.29, 0.717) is 24.6 Å². The fourth-order valence-corrected chi connectivity index (χ4v) is 2.59. The van der Waals surface area contributed by atoms with Gasteiger partial charge in [-0.1, -0.05) is 23.4 Å². The molecule has 108 valence electrons. The van der Waals surface area contributed by atoms with E-state index in [1.165, 1.54) is 6.42 Å². The molecule has 1 aromatic heterocycles. The van der Waals surface area contributed by atoms with Crippen LogP contribution < -0.4 is 0 Å². The zero-order valence-corrected chi connectivity index (χ0v) is 11.8. The van der Waals surface area contributed by atoms with Crippen LogP contribution >= 0.6 is 0 Å². The molecule has 0 N–H and O–H groups in total. The summed E-state index contributed by atoms with van der Waals surface area (Å²) in [5.74, 6) is 1.15. The second-order valence-corrected chi connectivity index (χ2v) is 5.20. The number of hydrogen-bond acceptors (Lipinski definition) is 5. The molecule has 1 saturated heterocycles. The summed E-state index contributed by atoms with van der Waals surface area (Å²) in [6, 6.07) is 9.78. The number of rotatable bonds is 4. The summed E-state index contributed by atoms with van der Waals surface area (Å²) in [6.07, 6.45) is 4.59. The molecule has 2 aromatic rings. The Kier molecular flexibility index (Phi) is 4.27. The molecule has 0 amide bonds. The number of ether oxygens (including phenoxy) is 1. The van der Waals surface area contributed by atoms with Gasteiger partial charge in [-0.25, -0.2) is 0 Å². The highest BCUT2D eigenvalue weighted by atomic mass is 16.5. The maximum Gasteiger partial charge on any atom is 0.258 e. The van der Waals surface area contributed by atoms with Crippen LogP contribution in [0.5, 0.6) is 0 Å². The lowest BCUT2D eigenvalue weighted by molar-refractivity contribution is 0.0153. The molecule has 0 radical (unpaired) electrons. The van der Waals surface area contributed by atoms with Crippen LogP contribution in [0.2, 0.25) is 0 Å². The molecular weight excluding hydrogens is 266 g/mol. The zero-order chi connectivity index (χ0) is 14.5. The Labute approximate surface area is 123 Å². The van der Waals surface area contributed by atoms with Crippen molar-refractivity contribution in [2.24, 2.45) is 0 Å². The van der Waals surface area contributed by atoms with Crippen molar-refractivity contribution in [3.63, 3.8) is 0 Å². The molecule has 21 heavy (non-hydrogen) atoms. The van der Waals surface area contributed by atoms with Gasteiger partial charge in [-0.05, 0) is 30.9 Å². The first-order valence-corrected chi connectivity index (χ1v) is 7.26. The molecule has 1 fully saturated rings. The zero-order valence-electron chi connectivity index (χ0n) is 11.8.